The van der Waals surface area contributed by atoms with Crippen LogP contribution in [0.15, 0.2) is 85.1 Å². The van der Waals surface area contributed by atoms with Crippen molar-refractivity contribution in [2.24, 2.45) is 0 Å². The molecule has 1 aliphatic heterocycles. The Hall–Kier alpha value is -4.31. The molecule has 226 valence electrons. The van der Waals surface area contributed by atoms with Crippen LogP contribution in [0.5, 0.6) is 0 Å². The first-order valence-corrected chi connectivity index (χ1v) is 14.0. The quantitative estimate of drug-likeness (QED) is 0.122. The van der Waals surface area contributed by atoms with Crippen LogP contribution in [0.1, 0.15) is 41.5 Å². The number of allylic oxidation sites excluding steroid dienone is 1. The highest BCUT2D eigenvalue weighted by atomic mass is 19.4. The Morgan fingerprint density at radius 1 is 1.00 bits per heavy atom. The van der Waals surface area contributed by atoms with Crippen molar-refractivity contribution < 1.29 is 22.4 Å². The van der Waals surface area contributed by atoms with E-state index < -0.39 is 18.6 Å². The van der Waals surface area contributed by atoms with Gasteiger partial charge in [-0.25, -0.2) is 4.98 Å². The van der Waals surface area contributed by atoms with Crippen molar-refractivity contribution in [3.8, 4) is 0 Å². The van der Waals surface area contributed by atoms with Crippen LogP contribution in [0, 0.1) is 5.41 Å². The Kier molecular flexibility index (Phi) is 10.5. The van der Waals surface area contributed by atoms with E-state index in [4.69, 9.17) is 5.41 Å². The number of amides is 1. The molecule has 6 nitrogen and oxygen atoms in total. The van der Waals surface area contributed by atoms with Crippen LogP contribution in [-0.4, -0.2) is 67.7 Å². The summed E-state index contributed by atoms with van der Waals surface area (Å²) >= 11 is 0. The van der Waals surface area contributed by atoms with Crippen molar-refractivity contribution in [2.45, 2.75) is 31.5 Å². The number of nitrogens with zero attached hydrogens (tertiary/aromatic N) is 3. The number of pyridine rings is 1. The van der Waals surface area contributed by atoms with Gasteiger partial charge in [-0.2, -0.15) is 17.6 Å². The minimum Gasteiger partial charge on any atom is -0.357 e. The highest BCUT2D eigenvalue weighted by Gasteiger charge is 2.32. The molecule has 0 aliphatic carbocycles. The second kappa shape index (κ2) is 14.2. The van der Waals surface area contributed by atoms with Gasteiger partial charge in [-0.1, -0.05) is 54.6 Å². The van der Waals surface area contributed by atoms with Crippen LogP contribution in [0.2, 0.25) is 0 Å². The number of carbonyl (C=O) groups excluding carboxylic acids is 1. The molecule has 1 fully saturated rings. The Morgan fingerprint density at radius 3 is 2.28 bits per heavy atom. The zero-order valence-corrected chi connectivity index (χ0v) is 24.2. The fourth-order valence-corrected chi connectivity index (χ4v) is 5.08. The fourth-order valence-electron chi connectivity index (χ4n) is 5.08. The number of likely N-dealkylation sites (N-methyl/N-ethyl adjacent to an activating group) is 1. The standard InChI is InChI=1S/C33H35F4N5O/c1-41(2)30(43)12-7-17-39-27-15-18-42(19-16-27)29-14-13-26(22-40-29)31(24-10-6-11-25(20-24)32(34)38)28(21-33(35,36)37)23-8-4-3-5-9-23/h3-14,20,22,27,38-39H,15-19,21H2,1-2H3/b12-7+,31-28-,38-32?. The van der Waals surface area contributed by atoms with Gasteiger partial charge in [-0.05, 0) is 53.3 Å². The SMILES string of the molecule is CN(C)C(=O)/C=C/CNC1CCN(c2ccc(/C(=C(/CC(F)(F)F)c3ccccc3)c3cccc(C(=N)F)c3)cn2)CC1. The van der Waals surface area contributed by atoms with Crippen LogP contribution in [-0.2, 0) is 4.79 Å². The smallest absolute Gasteiger partial charge is 0.357 e. The molecule has 0 unspecified atom stereocenters. The summed E-state index contributed by atoms with van der Waals surface area (Å²) in [7, 11) is 3.41. The molecule has 1 saturated heterocycles. The van der Waals surface area contributed by atoms with E-state index in [0.717, 1.165) is 31.7 Å². The maximum absolute atomic E-state index is 13.9. The lowest BCUT2D eigenvalue weighted by Gasteiger charge is -2.33. The third kappa shape index (κ3) is 8.84. The van der Waals surface area contributed by atoms with Crippen molar-refractivity contribution in [1.29, 1.82) is 5.41 Å². The lowest BCUT2D eigenvalue weighted by atomic mass is 9.87. The number of aromatic nitrogens is 1. The monoisotopic (exact) mass is 593 g/mol. The highest BCUT2D eigenvalue weighted by molar-refractivity contribution is 6.00. The Bertz CT molecular complexity index is 1460. The van der Waals surface area contributed by atoms with E-state index in [9.17, 15) is 22.4 Å². The summed E-state index contributed by atoms with van der Waals surface area (Å²) in [4.78, 5) is 20.0. The number of anilines is 1. The molecule has 1 amide bonds. The Balaban J connectivity index is 1.59. The van der Waals surface area contributed by atoms with Gasteiger partial charge in [-0.3, -0.25) is 10.2 Å². The molecular formula is C33H35F4N5O. The first kappa shape index (κ1) is 31.6. The van der Waals surface area contributed by atoms with Crippen molar-refractivity contribution >= 4 is 28.8 Å². The maximum Gasteiger partial charge on any atom is 0.393 e. The van der Waals surface area contributed by atoms with Crippen LogP contribution < -0.4 is 10.2 Å². The van der Waals surface area contributed by atoms with Crippen LogP contribution >= 0.6 is 0 Å². The average molecular weight is 594 g/mol. The molecule has 0 spiro atoms. The van der Waals surface area contributed by atoms with E-state index in [-0.39, 0.29) is 22.6 Å². The number of piperidine rings is 1. The summed E-state index contributed by atoms with van der Waals surface area (Å²) in [5.41, 5.74) is 1.54. The summed E-state index contributed by atoms with van der Waals surface area (Å²) in [6, 6.07) is 18.1. The molecule has 4 rings (SSSR count). The zero-order valence-electron chi connectivity index (χ0n) is 24.2. The van der Waals surface area contributed by atoms with Gasteiger partial charge >= 0.3 is 6.18 Å². The fraction of sp³-hybridized carbons (Fsp3) is 0.303. The van der Waals surface area contributed by atoms with Crippen LogP contribution in [0.3, 0.4) is 0 Å². The highest BCUT2D eigenvalue weighted by Crippen LogP contribution is 2.39. The Morgan fingerprint density at radius 2 is 1.67 bits per heavy atom. The predicted molar refractivity (Wildman–Crippen MR) is 163 cm³/mol. The topological polar surface area (TPSA) is 72.3 Å². The van der Waals surface area contributed by atoms with Crippen molar-refractivity contribution in [3.63, 3.8) is 0 Å². The van der Waals surface area contributed by atoms with Crippen molar-refractivity contribution in [3.05, 3.63) is 107 Å². The summed E-state index contributed by atoms with van der Waals surface area (Å²) in [5, 5.41) is 10.9. The van der Waals surface area contributed by atoms with Crippen LogP contribution in [0.25, 0.3) is 11.1 Å². The average Bonchev–Trinajstić information content (AvgIpc) is 2.99. The second-order valence-corrected chi connectivity index (χ2v) is 10.6. The van der Waals surface area contributed by atoms with Gasteiger partial charge in [0, 0.05) is 63.2 Å². The minimum atomic E-state index is -4.50. The number of alkyl halides is 3. The van der Waals surface area contributed by atoms with Gasteiger partial charge in [0.15, 0.2) is 0 Å². The van der Waals surface area contributed by atoms with Gasteiger partial charge < -0.3 is 15.1 Å². The first-order chi connectivity index (χ1) is 20.5. The lowest BCUT2D eigenvalue weighted by molar-refractivity contribution is -0.124. The van der Waals surface area contributed by atoms with Crippen molar-refractivity contribution in [2.75, 3.05) is 38.6 Å². The molecule has 0 radical (unpaired) electrons. The number of nitrogens with one attached hydrogen (secondary N) is 2. The number of benzene rings is 2. The number of halogens is 4. The number of hydrogen-bond acceptors (Lipinski definition) is 5. The molecule has 0 bridgehead atoms. The summed E-state index contributed by atoms with van der Waals surface area (Å²) < 4.78 is 55.6. The molecular weight excluding hydrogens is 558 g/mol. The lowest BCUT2D eigenvalue weighted by Crippen LogP contribution is -2.42. The van der Waals surface area contributed by atoms with E-state index in [1.807, 2.05) is 6.08 Å². The number of carbonyl (C=O) groups is 1. The molecule has 1 aromatic heterocycles. The molecule has 3 aromatic rings. The number of rotatable bonds is 10. The minimum absolute atomic E-state index is 0.0183. The van der Waals surface area contributed by atoms with E-state index >= 15 is 0 Å². The third-order valence-electron chi connectivity index (χ3n) is 7.29. The van der Waals surface area contributed by atoms with Gasteiger partial charge in [0.1, 0.15) is 5.82 Å². The zero-order chi connectivity index (χ0) is 31.0. The van der Waals surface area contributed by atoms with Gasteiger partial charge in [0.05, 0.1) is 6.42 Å². The molecule has 2 heterocycles. The van der Waals surface area contributed by atoms with E-state index in [2.05, 4.69) is 15.2 Å². The first-order valence-electron chi connectivity index (χ1n) is 14.0. The summed E-state index contributed by atoms with van der Waals surface area (Å²) in [6.07, 6.45) is 0.982. The molecule has 0 atom stereocenters. The van der Waals surface area contributed by atoms with Gasteiger partial charge in [0.2, 0.25) is 11.9 Å². The predicted octanol–water partition coefficient (Wildman–Crippen LogP) is 6.49. The molecule has 43 heavy (non-hydrogen) atoms. The van der Waals surface area contributed by atoms with Gasteiger partial charge in [-0.15, -0.1) is 0 Å². The summed E-state index contributed by atoms with van der Waals surface area (Å²) in [5.74, 6) is -0.509. The second-order valence-electron chi connectivity index (χ2n) is 10.6. The molecule has 2 aromatic carbocycles. The third-order valence-corrected chi connectivity index (χ3v) is 7.29. The van der Waals surface area contributed by atoms with Gasteiger partial charge in [0.25, 0.3) is 0 Å². The molecule has 1 aliphatic rings. The van der Waals surface area contributed by atoms with E-state index in [1.165, 1.54) is 23.1 Å². The Labute approximate surface area is 249 Å². The molecule has 0 saturated carbocycles. The van der Waals surface area contributed by atoms with Crippen molar-refractivity contribution in [1.82, 2.24) is 15.2 Å². The van der Waals surface area contributed by atoms with E-state index in [0.29, 0.717) is 29.3 Å². The largest absolute Gasteiger partial charge is 0.393 e. The number of hydrogen-bond donors (Lipinski definition) is 2. The molecule has 10 heteroatoms. The van der Waals surface area contributed by atoms with E-state index in [1.54, 1.807) is 74.9 Å². The molecule has 2 N–H and O–H groups in total. The summed E-state index contributed by atoms with van der Waals surface area (Å²) in [6.45, 7) is 2.09. The normalized spacial score (nSPS) is 15.0. The van der Waals surface area contributed by atoms with Crippen LogP contribution in [0.4, 0.5) is 23.4 Å². The maximum atomic E-state index is 13.9.